The van der Waals surface area contributed by atoms with Crippen molar-refractivity contribution in [2.24, 2.45) is 0 Å². The third-order valence-electron chi connectivity index (χ3n) is 7.26. The second-order valence-corrected chi connectivity index (χ2v) is 12.7. The van der Waals surface area contributed by atoms with Gasteiger partial charge in [0.15, 0.2) is 17.3 Å². The standard InChI is InChI=1S/C32H35BrN8O6/c1-6-7-12-23-35-29(40(5)24(42)16-34-31(45)47-32(2,3)4)26(30(43)44)41(23)17-18-13-14-22-21(15-18)25(33)27(46-22)19-10-8-9-11-20(19)28-36-38-39-37-28/h8-11,13-15H,6-7,12,16-17H2,1-5H3,(H,34,45)(H,43,44)(H,36,37,38,39). The molecule has 0 radical (unpaired) electrons. The Bertz CT molecular complexity index is 1930. The summed E-state index contributed by atoms with van der Waals surface area (Å²) in [7, 11) is 1.44. The van der Waals surface area contributed by atoms with Gasteiger partial charge in [-0.2, -0.15) is 0 Å². The maximum Gasteiger partial charge on any atom is 0.408 e. The Balaban J connectivity index is 1.48. The number of nitrogens with zero attached hydrogens (tertiary/aromatic N) is 6. The minimum Gasteiger partial charge on any atom is -0.476 e. The van der Waals surface area contributed by atoms with Crippen LogP contribution in [0, 0.1) is 0 Å². The summed E-state index contributed by atoms with van der Waals surface area (Å²) in [5, 5.41) is 27.8. The van der Waals surface area contributed by atoms with Gasteiger partial charge in [0, 0.05) is 36.5 Å². The molecule has 246 valence electrons. The molecule has 0 saturated carbocycles. The van der Waals surface area contributed by atoms with Crippen LogP contribution in [0.25, 0.3) is 33.7 Å². The summed E-state index contributed by atoms with van der Waals surface area (Å²) in [5.74, 6) is -0.186. The highest BCUT2D eigenvalue weighted by Gasteiger charge is 2.29. The van der Waals surface area contributed by atoms with Crippen molar-refractivity contribution in [1.82, 2.24) is 35.5 Å². The van der Waals surface area contributed by atoms with E-state index in [2.05, 4.69) is 46.9 Å². The van der Waals surface area contributed by atoms with Crippen LogP contribution < -0.4 is 10.2 Å². The first-order valence-electron chi connectivity index (χ1n) is 15.0. The SMILES string of the molecule is CCCCc1nc(N(C)C(=O)CNC(=O)OC(C)(C)C)c(C(=O)O)n1Cc1ccc2oc(-c3ccccc3-c3nnn[nH]3)c(Br)c2c1. The number of likely N-dealkylation sites (N-methyl/N-ethyl adjacent to an activating group) is 1. The van der Waals surface area contributed by atoms with Gasteiger partial charge in [0.05, 0.1) is 4.47 Å². The molecule has 3 N–H and O–H groups in total. The normalized spacial score (nSPS) is 11.5. The molecule has 47 heavy (non-hydrogen) atoms. The molecule has 0 aliphatic rings. The van der Waals surface area contributed by atoms with Crippen molar-refractivity contribution in [2.75, 3.05) is 18.5 Å². The number of hydrogen-bond acceptors (Lipinski definition) is 9. The van der Waals surface area contributed by atoms with E-state index in [0.717, 1.165) is 39.8 Å². The number of furan rings is 1. The topological polar surface area (TPSA) is 181 Å². The number of carbonyl (C=O) groups is 3. The number of anilines is 1. The number of imidazole rings is 1. The summed E-state index contributed by atoms with van der Waals surface area (Å²) < 4.78 is 13.8. The van der Waals surface area contributed by atoms with Gasteiger partial charge in [-0.3, -0.25) is 9.69 Å². The zero-order valence-corrected chi connectivity index (χ0v) is 28.2. The van der Waals surface area contributed by atoms with Gasteiger partial charge in [0.25, 0.3) is 0 Å². The Kier molecular flexibility index (Phi) is 9.75. The van der Waals surface area contributed by atoms with Gasteiger partial charge in [0.1, 0.15) is 29.3 Å². The number of carbonyl (C=O) groups excluding carboxylic acids is 2. The van der Waals surface area contributed by atoms with Gasteiger partial charge in [-0.15, -0.1) is 5.10 Å². The van der Waals surface area contributed by atoms with Crippen molar-refractivity contribution in [3.8, 4) is 22.7 Å². The molecule has 0 bridgehead atoms. The van der Waals surface area contributed by atoms with E-state index in [4.69, 9.17) is 9.15 Å². The number of fused-ring (bicyclic) bond motifs is 1. The first-order chi connectivity index (χ1) is 22.4. The van der Waals surface area contributed by atoms with E-state index in [1.54, 1.807) is 25.3 Å². The van der Waals surface area contributed by atoms with Gasteiger partial charge in [-0.1, -0.05) is 43.7 Å². The lowest BCUT2D eigenvalue weighted by Crippen LogP contribution is -2.41. The van der Waals surface area contributed by atoms with Crippen molar-refractivity contribution < 1.29 is 28.6 Å². The Labute approximate surface area is 278 Å². The number of benzene rings is 2. The van der Waals surface area contributed by atoms with E-state index in [0.29, 0.717) is 33.9 Å². The number of unbranched alkanes of at least 4 members (excludes halogenated alkanes) is 1. The monoisotopic (exact) mass is 706 g/mol. The number of carboxylic acids is 1. The molecule has 0 spiro atoms. The fourth-order valence-corrected chi connectivity index (χ4v) is 5.66. The number of aryl methyl sites for hydroxylation is 1. The number of tetrazole rings is 1. The summed E-state index contributed by atoms with van der Waals surface area (Å²) in [5.41, 5.74) is 2.08. The minimum absolute atomic E-state index is 0.00837. The van der Waals surface area contributed by atoms with Crippen LogP contribution in [0.3, 0.4) is 0 Å². The molecule has 3 heterocycles. The van der Waals surface area contributed by atoms with Crippen LogP contribution in [0.5, 0.6) is 0 Å². The maximum absolute atomic E-state index is 13.1. The molecule has 15 heteroatoms. The van der Waals surface area contributed by atoms with E-state index in [1.807, 2.05) is 49.4 Å². The van der Waals surface area contributed by atoms with E-state index in [-0.39, 0.29) is 18.1 Å². The second kappa shape index (κ2) is 13.7. The number of aromatic amines is 1. The number of amides is 2. The highest BCUT2D eigenvalue weighted by atomic mass is 79.9. The van der Waals surface area contributed by atoms with Crippen molar-refractivity contribution in [2.45, 2.75) is 59.1 Å². The zero-order valence-electron chi connectivity index (χ0n) is 26.6. The van der Waals surface area contributed by atoms with E-state index in [9.17, 15) is 19.5 Å². The number of carboxylic acid groups (broad SMARTS) is 1. The predicted octanol–water partition coefficient (Wildman–Crippen LogP) is 5.82. The van der Waals surface area contributed by atoms with Gasteiger partial charge in [0.2, 0.25) is 5.91 Å². The molecule has 14 nitrogen and oxygen atoms in total. The molecule has 0 unspecified atom stereocenters. The summed E-state index contributed by atoms with van der Waals surface area (Å²) in [4.78, 5) is 43.7. The quantitative estimate of drug-likeness (QED) is 0.151. The molecular weight excluding hydrogens is 672 g/mol. The maximum atomic E-state index is 13.1. The van der Waals surface area contributed by atoms with Gasteiger partial charge >= 0.3 is 12.1 Å². The van der Waals surface area contributed by atoms with Crippen molar-refractivity contribution >= 4 is 50.7 Å². The van der Waals surface area contributed by atoms with Crippen molar-refractivity contribution in [1.29, 1.82) is 0 Å². The molecule has 5 rings (SSSR count). The molecule has 0 aliphatic heterocycles. The van der Waals surface area contributed by atoms with Crippen LogP contribution in [0.15, 0.2) is 51.4 Å². The van der Waals surface area contributed by atoms with Crippen LogP contribution in [-0.2, 0) is 22.5 Å². The van der Waals surface area contributed by atoms with Crippen LogP contribution >= 0.6 is 15.9 Å². The number of aromatic nitrogens is 6. The predicted molar refractivity (Wildman–Crippen MR) is 177 cm³/mol. The molecule has 5 aromatic rings. The summed E-state index contributed by atoms with van der Waals surface area (Å²) in [6.07, 6.45) is 1.38. The Morgan fingerprint density at radius 2 is 1.89 bits per heavy atom. The van der Waals surface area contributed by atoms with Crippen molar-refractivity contribution in [3.05, 3.63) is 64.0 Å². The molecule has 0 fully saturated rings. The average Bonchev–Trinajstić information content (AvgIpc) is 3.76. The van der Waals surface area contributed by atoms with Gasteiger partial charge in [-0.05, 0) is 71.2 Å². The lowest BCUT2D eigenvalue weighted by atomic mass is 10.0. The summed E-state index contributed by atoms with van der Waals surface area (Å²) in [6, 6.07) is 13.2. The third-order valence-corrected chi connectivity index (χ3v) is 8.05. The molecule has 0 saturated heterocycles. The molecular formula is C32H35BrN8O6. The highest BCUT2D eigenvalue weighted by molar-refractivity contribution is 9.10. The number of hydrogen-bond donors (Lipinski definition) is 3. The molecule has 3 aromatic heterocycles. The summed E-state index contributed by atoms with van der Waals surface area (Å²) in [6.45, 7) is 6.94. The van der Waals surface area contributed by atoms with E-state index >= 15 is 0 Å². The number of ether oxygens (including phenoxy) is 1. The van der Waals surface area contributed by atoms with E-state index in [1.165, 1.54) is 7.05 Å². The Morgan fingerprint density at radius 3 is 2.55 bits per heavy atom. The lowest BCUT2D eigenvalue weighted by molar-refractivity contribution is -0.117. The van der Waals surface area contributed by atoms with Gasteiger partial charge < -0.3 is 24.1 Å². The zero-order chi connectivity index (χ0) is 33.9. The molecule has 0 aliphatic carbocycles. The van der Waals surface area contributed by atoms with Gasteiger partial charge in [-0.25, -0.2) is 19.7 Å². The highest BCUT2D eigenvalue weighted by Crippen LogP contribution is 2.41. The Hall–Kier alpha value is -5.05. The third kappa shape index (κ3) is 7.35. The number of halogens is 1. The Morgan fingerprint density at radius 1 is 1.15 bits per heavy atom. The fourth-order valence-electron chi connectivity index (χ4n) is 5.05. The van der Waals surface area contributed by atoms with E-state index < -0.39 is 30.1 Å². The summed E-state index contributed by atoms with van der Waals surface area (Å²) >= 11 is 3.72. The van der Waals surface area contributed by atoms with Crippen LogP contribution in [0.2, 0.25) is 0 Å². The largest absolute Gasteiger partial charge is 0.476 e. The number of H-pyrrole nitrogens is 1. The van der Waals surface area contributed by atoms with Crippen LogP contribution in [-0.4, -0.2) is 72.4 Å². The van der Waals surface area contributed by atoms with Crippen LogP contribution in [0.4, 0.5) is 10.6 Å². The number of nitrogens with one attached hydrogen (secondary N) is 2. The van der Waals surface area contributed by atoms with Crippen molar-refractivity contribution in [3.63, 3.8) is 0 Å². The molecule has 0 atom stereocenters. The first-order valence-corrected chi connectivity index (χ1v) is 15.8. The number of rotatable bonds is 11. The number of aromatic carboxylic acids is 1. The first kappa shape index (κ1) is 33.3. The van der Waals surface area contributed by atoms with Crippen LogP contribution in [0.1, 0.15) is 62.4 Å². The molecule has 2 amide bonds. The fraction of sp³-hybridized carbons (Fsp3) is 0.344. The average molecular weight is 708 g/mol. The lowest BCUT2D eigenvalue weighted by Gasteiger charge is -2.20. The minimum atomic E-state index is -1.23. The second-order valence-electron chi connectivity index (χ2n) is 11.9. The molecule has 2 aromatic carbocycles. The number of alkyl carbamates (subject to hydrolysis) is 1. The smallest absolute Gasteiger partial charge is 0.408 e.